The van der Waals surface area contributed by atoms with Gasteiger partial charge in [0.2, 0.25) is 29.5 Å². The normalized spacial score (nSPS) is 27.2. The number of imide groups is 2. The molecule has 7 fully saturated rings. The number of carbonyl (C=O) groups excluding carboxylic acids is 7. The molecule has 4 saturated heterocycles. The van der Waals surface area contributed by atoms with Gasteiger partial charge in [0.1, 0.15) is 11.6 Å². The molecule has 4 aromatic rings. The lowest BCUT2D eigenvalue weighted by Gasteiger charge is -2.48. The minimum absolute atomic E-state index is 0.0593. The van der Waals surface area contributed by atoms with Gasteiger partial charge in [-0.2, -0.15) is 0 Å². The van der Waals surface area contributed by atoms with Gasteiger partial charge in [-0.1, -0.05) is 24.6 Å². The van der Waals surface area contributed by atoms with E-state index >= 15 is 4.79 Å². The highest BCUT2D eigenvalue weighted by atomic mass is 16.2. The number of carbonyl (C=O) groups is 7. The number of amides is 7. The molecule has 9 aliphatic rings. The summed E-state index contributed by atoms with van der Waals surface area (Å²) in [4.78, 5) is 117. The summed E-state index contributed by atoms with van der Waals surface area (Å²) in [6.45, 7) is 8.54. The van der Waals surface area contributed by atoms with E-state index < -0.39 is 35.1 Å². The number of anilines is 3. The maximum Gasteiger partial charge on any atom is 0.264 e. The largest absolute Gasteiger partial charge is 0.371 e. The summed E-state index contributed by atoms with van der Waals surface area (Å²) in [6.07, 6.45) is 15.5. The summed E-state index contributed by atoms with van der Waals surface area (Å²) in [7, 11) is 1.93. The number of nitrogens with one attached hydrogen (secondary N) is 2. The van der Waals surface area contributed by atoms with Crippen LogP contribution in [0.5, 0.6) is 0 Å². The highest BCUT2D eigenvalue weighted by Gasteiger charge is 2.56. The molecule has 2 aromatic carbocycles. The Bertz CT molecular complexity index is 3120. The lowest BCUT2D eigenvalue weighted by atomic mass is 9.73. The SMILES string of the molecule is CC(C)n1cnc2cc(-c3ccc4c(c3)N(C3CC(N5CCCCC5)C3)C(=O)C43CCN(C(=O)[C@@H]4CCN(C(=O)CC5CCC(N(C)c6cccc7c6C(=O)N(C6CCC(=O)NC6=O)C7=O)CC5)C4)CC3)nc(NC3CC3)c21. The number of piperidine rings is 3. The second kappa shape index (κ2) is 19.9. The molecule has 1 spiro atoms. The van der Waals surface area contributed by atoms with Crippen LogP contribution in [0.15, 0.2) is 48.8 Å². The van der Waals surface area contributed by atoms with Gasteiger partial charge in [-0.05, 0) is 153 Å². The predicted octanol–water partition coefficient (Wildman–Crippen LogP) is 6.81. The monoisotopic (exact) mass is 1060 g/mol. The van der Waals surface area contributed by atoms with Crippen molar-refractivity contribution in [3.8, 4) is 11.3 Å². The Labute approximate surface area is 455 Å². The number of hydrogen-bond donors (Lipinski definition) is 2. The lowest BCUT2D eigenvalue weighted by Crippen LogP contribution is -2.58. The minimum atomic E-state index is -1.03. The van der Waals surface area contributed by atoms with Gasteiger partial charge >= 0.3 is 0 Å². The highest BCUT2D eigenvalue weighted by Crippen LogP contribution is 2.53. The maximum absolute atomic E-state index is 15.3. The zero-order valence-corrected chi connectivity index (χ0v) is 45.4. The molecule has 6 aliphatic heterocycles. The van der Waals surface area contributed by atoms with Crippen LogP contribution in [0, 0.1) is 11.8 Å². The number of nitrogens with zero attached hydrogens (tertiary/aromatic N) is 9. The quantitative estimate of drug-likeness (QED) is 0.141. The number of fused-ring (bicyclic) bond motifs is 4. The number of benzene rings is 2. The van der Waals surface area contributed by atoms with Crippen LogP contribution < -0.4 is 20.4 Å². The van der Waals surface area contributed by atoms with Crippen LogP contribution in [-0.4, -0.2) is 152 Å². The van der Waals surface area contributed by atoms with Crippen LogP contribution in [0.1, 0.15) is 155 Å². The molecule has 18 nitrogen and oxygen atoms in total. The Balaban J connectivity index is 0.648. The lowest BCUT2D eigenvalue weighted by molar-refractivity contribution is -0.139. The second-order valence-electron chi connectivity index (χ2n) is 24.5. The summed E-state index contributed by atoms with van der Waals surface area (Å²) >= 11 is 0. The molecule has 2 N–H and O–H groups in total. The van der Waals surface area contributed by atoms with Crippen LogP contribution in [0.25, 0.3) is 22.3 Å². The standard InChI is InChI=1S/C60H73N11O7/c1-35(2)69-34-61-46-32-45(63-54(53(46)69)62-39-13-14-39)37-12-17-44-49(29-37)70(42-30-41(31-42)66-23-5-4-6-24-66)59(78)60(44)21-26-67(27-22-60)56(75)38-20-25-68(33-38)51(73)28-36-10-15-40(16-11-36)65(3)47-9-7-8-43-52(47)58(77)71(57(43)76)48-18-19-50(72)64-55(48)74/h7-9,12,17,29,32,34-36,38-42,48H,4-6,10-11,13-16,18-28,30-31,33H2,1-3H3,(H,62,63)(H,64,72,74)/t36?,38-,40?,41?,42?,48?/m1/s1. The van der Waals surface area contributed by atoms with E-state index in [1.165, 1.54) is 19.3 Å². The molecule has 3 saturated carbocycles. The van der Waals surface area contributed by atoms with E-state index in [4.69, 9.17) is 9.97 Å². The molecule has 7 amide bonds. The van der Waals surface area contributed by atoms with E-state index in [0.29, 0.717) is 69.6 Å². The third-order valence-electron chi connectivity index (χ3n) is 19.6. The highest BCUT2D eigenvalue weighted by molar-refractivity contribution is 6.25. The molecule has 78 heavy (non-hydrogen) atoms. The molecular formula is C60H73N11O7. The van der Waals surface area contributed by atoms with Crippen LogP contribution in [0.2, 0.25) is 0 Å². The van der Waals surface area contributed by atoms with Crippen molar-refractivity contribution in [3.63, 3.8) is 0 Å². The fourth-order valence-corrected chi connectivity index (χ4v) is 14.7. The van der Waals surface area contributed by atoms with Gasteiger partial charge in [0.15, 0.2) is 5.82 Å². The smallest absolute Gasteiger partial charge is 0.264 e. The van der Waals surface area contributed by atoms with Crippen molar-refractivity contribution >= 4 is 69.6 Å². The molecule has 8 heterocycles. The number of aromatic nitrogens is 3. The van der Waals surface area contributed by atoms with Gasteiger partial charge < -0.3 is 34.4 Å². The van der Waals surface area contributed by atoms with Crippen molar-refractivity contribution in [3.05, 3.63) is 65.5 Å². The third-order valence-corrected chi connectivity index (χ3v) is 19.6. The van der Waals surface area contributed by atoms with Crippen molar-refractivity contribution in [1.29, 1.82) is 0 Å². The second-order valence-corrected chi connectivity index (χ2v) is 24.5. The first-order valence-corrected chi connectivity index (χ1v) is 29.3. The van der Waals surface area contributed by atoms with Crippen molar-refractivity contribution in [2.24, 2.45) is 11.8 Å². The van der Waals surface area contributed by atoms with Gasteiger partial charge in [0.05, 0.1) is 45.7 Å². The summed E-state index contributed by atoms with van der Waals surface area (Å²) in [6, 6.07) is 14.1. The molecular weight excluding hydrogens is 987 g/mol. The molecule has 0 bridgehead atoms. The first kappa shape index (κ1) is 50.8. The predicted molar refractivity (Wildman–Crippen MR) is 294 cm³/mol. The fraction of sp³-hybridized carbons (Fsp3) is 0.583. The van der Waals surface area contributed by atoms with Gasteiger partial charge in [-0.3, -0.25) is 43.8 Å². The van der Waals surface area contributed by atoms with E-state index in [2.05, 4.69) is 68.0 Å². The average Bonchev–Trinajstić information content (AvgIpc) is 3.85. The van der Waals surface area contributed by atoms with E-state index in [0.717, 1.165) is 109 Å². The zero-order chi connectivity index (χ0) is 53.7. The first-order chi connectivity index (χ1) is 37.7. The van der Waals surface area contributed by atoms with Crippen molar-refractivity contribution in [2.75, 3.05) is 61.4 Å². The summed E-state index contributed by atoms with van der Waals surface area (Å²) in [5.41, 5.74) is 6.25. The Hall–Kier alpha value is -6.69. The minimum Gasteiger partial charge on any atom is -0.371 e. The third kappa shape index (κ3) is 8.75. The number of likely N-dealkylation sites (tertiary alicyclic amines) is 3. The van der Waals surface area contributed by atoms with Crippen LogP contribution in [-0.2, 0) is 29.4 Å². The van der Waals surface area contributed by atoms with Crippen LogP contribution in [0.3, 0.4) is 0 Å². The molecule has 410 valence electrons. The summed E-state index contributed by atoms with van der Waals surface area (Å²) in [5.74, 6) is -0.980. The van der Waals surface area contributed by atoms with E-state index in [-0.39, 0.29) is 71.7 Å². The van der Waals surface area contributed by atoms with Crippen molar-refractivity contribution < 1.29 is 33.6 Å². The van der Waals surface area contributed by atoms with Crippen LogP contribution in [0.4, 0.5) is 17.2 Å². The number of rotatable bonds is 12. The van der Waals surface area contributed by atoms with Gasteiger partial charge in [-0.15, -0.1) is 0 Å². The average molecular weight is 1060 g/mol. The molecule has 2 atom stereocenters. The molecule has 3 aliphatic carbocycles. The Morgan fingerprint density at radius 2 is 1.59 bits per heavy atom. The van der Waals surface area contributed by atoms with Crippen LogP contribution >= 0.6 is 0 Å². The van der Waals surface area contributed by atoms with E-state index in [1.54, 1.807) is 12.1 Å². The Kier molecular flexibility index (Phi) is 13.0. The molecule has 13 rings (SSSR count). The van der Waals surface area contributed by atoms with E-state index in [1.807, 2.05) is 29.2 Å². The fourth-order valence-electron chi connectivity index (χ4n) is 14.7. The first-order valence-electron chi connectivity index (χ1n) is 29.3. The summed E-state index contributed by atoms with van der Waals surface area (Å²) in [5, 5.41) is 5.96. The molecule has 2 aromatic heterocycles. The van der Waals surface area contributed by atoms with Gasteiger partial charge in [0, 0.05) is 87.5 Å². The van der Waals surface area contributed by atoms with Gasteiger partial charge in [0.25, 0.3) is 11.8 Å². The van der Waals surface area contributed by atoms with Crippen molar-refractivity contribution in [1.82, 2.24) is 39.5 Å². The Morgan fingerprint density at radius 1 is 0.821 bits per heavy atom. The molecule has 0 radical (unpaired) electrons. The molecule has 1 unspecified atom stereocenters. The number of hydrogen-bond acceptors (Lipinski definition) is 12. The zero-order valence-electron chi connectivity index (χ0n) is 45.4. The summed E-state index contributed by atoms with van der Waals surface area (Å²) < 4.78 is 2.19. The molecule has 18 heteroatoms. The van der Waals surface area contributed by atoms with E-state index in [9.17, 15) is 28.8 Å². The number of imidazole rings is 1. The topological polar surface area (TPSA) is 194 Å². The van der Waals surface area contributed by atoms with Crippen molar-refractivity contribution in [2.45, 2.75) is 165 Å². The Morgan fingerprint density at radius 3 is 2.32 bits per heavy atom. The number of pyridine rings is 1. The maximum atomic E-state index is 15.3. The van der Waals surface area contributed by atoms with Gasteiger partial charge in [-0.25, -0.2) is 9.97 Å².